The highest BCUT2D eigenvalue weighted by atomic mass is 19.4. The van der Waals surface area contributed by atoms with Crippen LogP contribution in [0.2, 0.25) is 0 Å². The first-order chi connectivity index (χ1) is 8.85. The molecule has 1 aromatic heterocycles. The van der Waals surface area contributed by atoms with Crippen molar-refractivity contribution in [2.45, 2.75) is 13.3 Å². The molecule has 2 rings (SSSR count). The third-order valence-electron chi connectivity index (χ3n) is 2.45. The van der Waals surface area contributed by atoms with Crippen molar-refractivity contribution in [3.05, 3.63) is 52.4 Å². The van der Waals surface area contributed by atoms with Crippen LogP contribution in [0.4, 0.5) is 13.2 Å². The van der Waals surface area contributed by atoms with Gasteiger partial charge in [-0.25, -0.2) is 0 Å². The molecule has 0 unspecified atom stereocenters. The number of hydrogen-bond acceptors (Lipinski definition) is 2. The largest absolute Gasteiger partial charge is 0.573 e. The maximum Gasteiger partial charge on any atom is 0.573 e. The lowest BCUT2D eigenvalue weighted by Crippen LogP contribution is -2.17. The number of hydrogen-bond donors (Lipinski definition) is 1. The number of ether oxygens (including phenoxy) is 1. The molecular weight excluding hydrogens is 259 g/mol. The van der Waals surface area contributed by atoms with Gasteiger partial charge in [0.1, 0.15) is 5.75 Å². The van der Waals surface area contributed by atoms with Gasteiger partial charge < -0.3 is 9.72 Å². The van der Waals surface area contributed by atoms with Gasteiger partial charge in [0.15, 0.2) is 0 Å². The third-order valence-corrected chi connectivity index (χ3v) is 2.45. The van der Waals surface area contributed by atoms with Crippen molar-refractivity contribution in [1.29, 1.82) is 0 Å². The molecule has 0 aliphatic rings. The summed E-state index contributed by atoms with van der Waals surface area (Å²) in [6.45, 7) is 1.74. The fourth-order valence-electron chi connectivity index (χ4n) is 1.64. The summed E-state index contributed by atoms with van der Waals surface area (Å²) in [6.07, 6.45) is -4.72. The lowest BCUT2D eigenvalue weighted by molar-refractivity contribution is -0.274. The van der Waals surface area contributed by atoms with Crippen LogP contribution in [0, 0.1) is 6.92 Å². The van der Waals surface area contributed by atoms with Crippen LogP contribution in [-0.2, 0) is 0 Å². The molecule has 1 aromatic carbocycles. The summed E-state index contributed by atoms with van der Waals surface area (Å²) >= 11 is 0. The number of aromatic amines is 1. The molecule has 0 aliphatic heterocycles. The highest BCUT2D eigenvalue weighted by Crippen LogP contribution is 2.25. The Morgan fingerprint density at radius 2 is 1.68 bits per heavy atom. The van der Waals surface area contributed by atoms with Crippen molar-refractivity contribution in [2.24, 2.45) is 0 Å². The predicted molar refractivity (Wildman–Crippen MR) is 63.9 cm³/mol. The number of aromatic nitrogens is 1. The van der Waals surface area contributed by atoms with Crippen LogP contribution in [0.1, 0.15) is 5.69 Å². The SMILES string of the molecule is Cc1ccc(-c2ccc(OC(F)(F)F)cc2)c(=O)[nH]1. The number of rotatable bonds is 2. The Kier molecular flexibility index (Phi) is 3.33. The molecule has 1 heterocycles. The fourth-order valence-corrected chi connectivity index (χ4v) is 1.64. The van der Waals surface area contributed by atoms with Crippen LogP contribution in [0.15, 0.2) is 41.2 Å². The Labute approximate surface area is 106 Å². The van der Waals surface area contributed by atoms with Crippen molar-refractivity contribution in [1.82, 2.24) is 4.98 Å². The van der Waals surface area contributed by atoms with Gasteiger partial charge in [0.2, 0.25) is 0 Å². The van der Waals surface area contributed by atoms with Gasteiger partial charge in [-0.3, -0.25) is 4.79 Å². The van der Waals surface area contributed by atoms with Crippen LogP contribution >= 0.6 is 0 Å². The zero-order valence-corrected chi connectivity index (χ0v) is 9.91. The molecule has 0 spiro atoms. The van der Waals surface area contributed by atoms with Crippen molar-refractivity contribution >= 4 is 0 Å². The summed E-state index contributed by atoms with van der Waals surface area (Å²) in [5.74, 6) is -0.320. The average Bonchev–Trinajstić information content (AvgIpc) is 2.28. The number of H-pyrrole nitrogens is 1. The first kappa shape index (κ1) is 13.2. The van der Waals surface area contributed by atoms with Gasteiger partial charge in [0.05, 0.1) is 0 Å². The van der Waals surface area contributed by atoms with Crippen LogP contribution < -0.4 is 10.3 Å². The fraction of sp³-hybridized carbons (Fsp3) is 0.154. The molecule has 0 aliphatic carbocycles. The molecule has 6 heteroatoms. The Morgan fingerprint density at radius 1 is 1.05 bits per heavy atom. The van der Waals surface area contributed by atoms with Gasteiger partial charge in [-0.2, -0.15) is 0 Å². The third kappa shape index (κ3) is 3.37. The molecule has 0 atom stereocenters. The molecule has 0 bridgehead atoms. The Hall–Kier alpha value is -2.24. The summed E-state index contributed by atoms with van der Waals surface area (Å²) in [5, 5.41) is 0. The van der Waals surface area contributed by atoms with Gasteiger partial charge in [-0.05, 0) is 36.8 Å². The Balaban J connectivity index is 2.30. The van der Waals surface area contributed by atoms with E-state index in [1.165, 1.54) is 24.3 Å². The van der Waals surface area contributed by atoms with Gasteiger partial charge >= 0.3 is 6.36 Å². The number of nitrogens with one attached hydrogen (secondary N) is 1. The monoisotopic (exact) mass is 269 g/mol. The second-order valence-electron chi connectivity index (χ2n) is 3.96. The van der Waals surface area contributed by atoms with Crippen molar-refractivity contribution in [2.75, 3.05) is 0 Å². The molecule has 2 aromatic rings. The summed E-state index contributed by atoms with van der Waals surface area (Å²) in [5.41, 5.74) is 1.34. The number of benzene rings is 1. The minimum absolute atomic E-state index is 0.288. The maximum absolute atomic E-state index is 12.0. The number of pyridine rings is 1. The molecule has 3 nitrogen and oxygen atoms in total. The maximum atomic E-state index is 12.0. The van der Waals surface area contributed by atoms with E-state index in [4.69, 9.17) is 0 Å². The van der Waals surface area contributed by atoms with E-state index in [0.717, 1.165) is 0 Å². The topological polar surface area (TPSA) is 42.1 Å². The molecule has 0 saturated heterocycles. The summed E-state index contributed by atoms with van der Waals surface area (Å²) in [4.78, 5) is 14.3. The number of halogens is 3. The van der Waals surface area contributed by atoms with Gasteiger partial charge in [-0.1, -0.05) is 12.1 Å². The quantitative estimate of drug-likeness (QED) is 0.909. The molecule has 19 heavy (non-hydrogen) atoms. The Morgan fingerprint density at radius 3 is 2.21 bits per heavy atom. The number of alkyl halides is 3. The molecule has 0 radical (unpaired) electrons. The van der Waals surface area contributed by atoms with Gasteiger partial charge in [0, 0.05) is 11.3 Å². The van der Waals surface area contributed by atoms with E-state index in [0.29, 0.717) is 16.8 Å². The van der Waals surface area contributed by atoms with E-state index in [9.17, 15) is 18.0 Å². The Bertz CT molecular complexity index is 630. The zero-order valence-electron chi connectivity index (χ0n) is 9.91. The first-order valence-corrected chi connectivity index (χ1v) is 5.41. The van der Waals surface area contributed by atoms with Crippen LogP contribution in [0.5, 0.6) is 5.75 Å². The smallest absolute Gasteiger partial charge is 0.406 e. The molecular formula is C13H10F3NO2. The van der Waals surface area contributed by atoms with Gasteiger partial charge in [0.25, 0.3) is 5.56 Å². The standard InChI is InChI=1S/C13H10F3NO2/c1-8-2-7-11(12(18)17-8)9-3-5-10(6-4-9)19-13(14,15)16/h2-7H,1H3,(H,17,18). The molecule has 0 amide bonds. The lowest BCUT2D eigenvalue weighted by atomic mass is 10.1. The predicted octanol–water partition coefficient (Wildman–Crippen LogP) is 3.25. The second kappa shape index (κ2) is 4.79. The summed E-state index contributed by atoms with van der Waals surface area (Å²) in [7, 11) is 0. The van der Waals surface area contributed by atoms with E-state index >= 15 is 0 Å². The van der Waals surface area contributed by atoms with Crippen molar-refractivity contribution in [3.8, 4) is 16.9 Å². The van der Waals surface area contributed by atoms with Crippen molar-refractivity contribution in [3.63, 3.8) is 0 Å². The van der Waals surface area contributed by atoms with Gasteiger partial charge in [-0.15, -0.1) is 13.2 Å². The first-order valence-electron chi connectivity index (χ1n) is 5.41. The van der Waals surface area contributed by atoms with Crippen molar-refractivity contribution < 1.29 is 17.9 Å². The molecule has 0 fully saturated rings. The van der Waals surface area contributed by atoms with Crippen LogP contribution in [0.25, 0.3) is 11.1 Å². The van der Waals surface area contributed by atoms with Crippen LogP contribution in [0.3, 0.4) is 0 Å². The normalized spacial score (nSPS) is 11.4. The van der Waals surface area contributed by atoms with E-state index in [-0.39, 0.29) is 11.3 Å². The second-order valence-corrected chi connectivity index (χ2v) is 3.96. The highest BCUT2D eigenvalue weighted by Gasteiger charge is 2.30. The van der Waals surface area contributed by atoms with E-state index in [2.05, 4.69) is 9.72 Å². The zero-order chi connectivity index (χ0) is 14.0. The molecule has 1 N–H and O–H groups in total. The highest BCUT2D eigenvalue weighted by molar-refractivity contribution is 5.63. The summed E-state index contributed by atoms with van der Waals surface area (Å²) in [6, 6.07) is 8.48. The van der Waals surface area contributed by atoms with E-state index in [1.54, 1.807) is 19.1 Å². The minimum atomic E-state index is -4.72. The van der Waals surface area contributed by atoms with E-state index in [1.807, 2.05) is 0 Å². The molecule has 100 valence electrons. The number of aryl methyl sites for hydroxylation is 1. The summed E-state index contributed by atoms with van der Waals surface area (Å²) < 4.78 is 39.7. The molecule has 0 saturated carbocycles. The average molecular weight is 269 g/mol. The van der Waals surface area contributed by atoms with Crippen LogP contribution in [-0.4, -0.2) is 11.3 Å². The minimum Gasteiger partial charge on any atom is -0.406 e. The lowest BCUT2D eigenvalue weighted by Gasteiger charge is -2.09. The van der Waals surface area contributed by atoms with E-state index < -0.39 is 6.36 Å².